The lowest BCUT2D eigenvalue weighted by molar-refractivity contribution is 0.484. The highest BCUT2D eigenvalue weighted by molar-refractivity contribution is 7.87. The highest BCUT2D eigenvalue weighted by atomic mass is 32.2. The molecule has 0 atom stereocenters. The first-order chi connectivity index (χ1) is 13.4. The van der Waals surface area contributed by atoms with Gasteiger partial charge in [-0.05, 0) is 67.6 Å². The molecule has 0 radical (unpaired) electrons. The SMILES string of the molecule is O=c1oc2cc(OS(=O)(=O)c3ccc(F)cc3)ccc2c2c1CCCCCC2. The average molecular weight is 402 g/mol. The van der Waals surface area contributed by atoms with Gasteiger partial charge >= 0.3 is 15.7 Å². The highest BCUT2D eigenvalue weighted by Crippen LogP contribution is 2.29. The van der Waals surface area contributed by atoms with Crippen LogP contribution in [0.2, 0.25) is 0 Å². The van der Waals surface area contributed by atoms with Crippen LogP contribution in [0.3, 0.4) is 0 Å². The summed E-state index contributed by atoms with van der Waals surface area (Å²) in [4.78, 5) is 12.3. The first-order valence-electron chi connectivity index (χ1n) is 9.23. The Morgan fingerprint density at radius 3 is 2.29 bits per heavy atom. The van der Waals surface area contributed by atoms with Gasteiger partial charge in [-0.25, -0.2) is 9.18 Å². The topological polar surface area (TPSA) is 73.6 Å². The summed E-state index contributed by atoms with van der Waals surface area (Å²) in [5, 5.41) is 0.808. The number of hydrogen-bond donors (Lipinski definition) is 0. The molecule has 28 heavy (non-hydrogen) atoms. The lowest BCUT2D eigenvalue weighted by Gasteiger charge is -2.15. The van der Waals surface area contributed by atoms with Gasteiger partial charge in [-0.15, -0.1) is 0 Å². The van der Waals surface area contributed by atoms with Crippen LogP contribution in [0.5, 0.6) is 5.75 Å². The van der Waals surface area contributed by atoms with Gasteiger partial charge in [0.25, 0.3) is 0 Å². The van der Waals surface area contributed by atoms with Crippen LogP contribution >= 0.6 is 0 Å². The Morgan fingerprint density at radius 1 is 0.893 bits per heavy atom. The zero-order valence-electron chi connectivity index (χ0n) is 15.1. The summed E-state index contributed by atoms with van der Waals surface area (Å²) in [5.74, 6) is -0.506. The third kappa shape index (κ3) is 3.67. The largest absolute Gasteiger partial charge is 0.422 e. The minimum atomic E-state index is -4.12. The van der Waals surface area contributed by atoms with Crippen LogP contribution in [0.1, 0.15) is 36.8 Å². The molecule has 0 unspecified atom stereocenters. The normalized spacial score (nSPS) is 14.9. The second kappa shape index (κ2) is 7.39. The fourth-order valence-corrected chi connectivity index (χ4v) is 4.53. The van der Waals surface area contributed by atoms with Crippen LogP contribution in [0, 0.1) is 5.82 Å². The van der Waals surface area contributed by atoms with Gasteiger partial charge in [-0.3, -0.25) is 0 Å². The number of rotatable bonds is 3. The number of benzene rings is 2. The third-order valence-electron chi connectivity index (χ3n) is 5.00. The Hall–Kier alpha value is -2.67. The van der Waals surface area contributed by atoms with Gasteiger partial charge in [0, 0.05) is 17.0 Å². The van der Waals surface area contributed by atoms with E-state index in [9.17, 15) is 17.6 Å². The molecule has 1 aliphatic rings. The quantitative estimate of drug-likeness (QED) is 0.481. The van der Waals surface area contributed by atoms with Gasteiger partial charge in [-0.1, -0.05) is 12.8 Å². The van der Waals surface area contributed by atoms with Crippen LogP contribution in [-0.2, 0) is 23.0 Å². The Labute approximate surface area is 161 Å². The lowest BCUT2D eigenvalue weighted by Crippen LogP contribution is -2.14. The first kappa shape index (κ1) is 18.7. The Kier molecular flexibility index (Phi) is 4.93. The molecule has 1 aliphatic carbocycles. The molecule has 1 aromatic heterocycles. The molecule has 2 aromatic carbocycles. The van der Waals surface area contributed by atoms with Crippen LogP contribution in [0.4, 0.5) is 4.39 Å². The predicted molar refractivity (Wildman–Crippen MR) is 103 cm³/mol. The monoisotopic (exact) mass is 402 g/mol. The van der Waals surface area contributed by atoms with Crippen molar-refractivity contribution in [2.75, 3.05) is 0 Å². The zero-order valence-corrected chi connectivity index (χ0v) is 15.9. The Bertz CT molecular complexity index is 1180. The number of hydrogen-bond acceptors (Lipinski definition) is 5. The van der Waals surface area contributed by atoms with E-state index in [-0.39, 0.29) is 16.3 Å². The minimum absolute atomic E-state index is 0.0331. The molecule has 0 fully saturated rings. The zero-order chi connectivity index (χ0) is 19.7. The molecule has 0 bridgehead atoms. The van der Waals surface area contributed by atoms with Crippen LogP contribution in [-0.4, -0.2) is 8.42 Å². The maximum Gasteiger partial charge on any atom is 0.339 e. The van der Waals surface area contributed by atoms with E-state index in [0.29, 0.717) is 12.0 Å². The second-order valence-electron chi connectivity index (χ2n) is 6.91. The summed E-state index contributed by atoms with van der Waals surface area (Å²) in [6, 6.07) is 9.05. The van der Waals surface area contributed by atoms with E-state index in [1.165, 1.54) is 6.07 Å². The maximum atomic E-state index is 13.0. The van der Waals surface area contributed by atoms with Crippen molar-refractivity contribution in [3.05, 3.63) is 69.8 Å². The van der Waals surface area contributed by atoms with E-state index in [1.54, 1.807) is 12.1 Å². The predicted octanol–water partition coefficient (Wildman–Crippen LogP) is 4.36. The van der Waals surface area contributed by atoms with E-state index >= 15 is 0 Å². The number of fused-ring (bicyclic) bond motifs is 3. The van der Waals surface area contributed by atoms with Crippen molar-refractivity contribution in [3.8, 4) is 5.75 Å². The summed E-state index contributed by atoms with van der Waals surface area (Å²) in [6.45, 7) is 0. The summed E-state index contributed by atoms with van der Waals surface area (Å²) >= 11 is 0. The standard InChI is InChI=1S/C21H19FO5S/c22-14-7-10-16(11-8-14)28(24,25)27-15-9-12-18-17-5-3-1-2-4-6-19(17)21(23)26-20(18)13-15/h7-13H,1-6H2. The van der Waals surface area contributed by atoms with E-state index < -0.39 is 15.9 Å². The first-order valence-corrected chi connectivity index (χ1v) is 10.6. The molecule has 4 rings (SSSR count). The van der Waals surface area contributed by atoms with E-state index in [1.807, 2.05) is 0 Å². The average Bonchev–Trinajstić information content (AvgIpc) is 2.62. The summed E-state index contributed by atoms with van der Waals surface area (Å²) < 4.78 is 48.4. The number of halogens is 1. The van der Waals surface area contributed by atoms with Gasteiger partial charge in [-0.2, -0.15) is 8.42 Å². The highest BCUT2D eigenvalue weighted by Gasteiger charge is 2.20. The molecule has 146 valence electrons. The molecular formula is C21H19FO5S. The summed E-state index contributed by atoms with van der Waals surface area (Å²) in [5.41, 5.74) is 1.64. The second-order valence-corrected chi connectivity index (χ2v) is 8.46. The van der Waals surface area contributed by atoms with Crippen molar-refractivity contribution in [2.24, 2.45) is 0 Å². The van der Waals surface area contributed by atoms with E-state index in [0.717, 1.165) is 72.9 Å². The lowest BCUT2D eigenvalue weighted by atomic mass is 9.92. The van der Waals surface area contributed by atoms with Gasteiger partial charge in [0.1, 0.15) is 22.0 Å². The van der Waals surface area contributed by atoms with Crippen molar-refractivity contribution in [1.29, 1.82) is 0 Å². The summed E-state index contributed by atoms with van der Waals surface area (Å²) in [6.07, 6.45) is 5.68. The van der Waals surface area contributed by atoms with Crippen LogP contribution in [0.25, 0.3) is 11.0 Å². The van der Waals surface area contributed by atoms with Gasteiger partial charge in [0.15, 0.2) is 0 Å². The third-order valence-corrected chi connectivity index (χ3v) is 6.26. The fourth-order valence-electron chi connectivity index (χ4n) is 3.61. The van der Waals surface area contributed by atoms with Crippen LogP contribution < -0.4 is 9.81 Å². The van der Waals surface area contributed by atoms with Crippen molar-refractivity contribution < 1.29 is 21.4 Å². The van der Waals surface area contributed by atoms with Gasteiger partial charge in [0.2, 0.25) is 0 Å². The van der Waals surface area contributed by atoms with E-state index in [2.05, 4.69) is 0 Å². The molecule has 0 aliphatic heterocycles. The molecule has 0 saturated carbocycles. The molecule has 0 amide bonds. The molecule has 7 heteroatoms. The fraction of sp³-hybridized carbons (Fsp3) is 0.286. The van der Waals surface area contributed by atoms with Gasteiger partial charge < -0.3 is 8.60 Å². The minimum Gasteiger partial charge on any atom is -0.422 e. The Balaban J connectivity index is 1.73. The van der Waals surface area contributed by atoms with Crippen LogP contribution in [0.15, 0.2) is 56.6 Å². The molecule has 3 aromatic rings. The smallest absolute Gasteiger partial charge is 0.339 e. The molecule has 0 saturated heterocycles. The molecular weight excluding hydrogens is 383 g/mol. The van der Waals surface area contributed by atoms with Gasteiger partial charge in [0.05, 0.1) is 0 Å². The maximum absolute atomic E-state index is 13.0. The molecule has 1 heterocycles. The summed E-state index contributed by atoms with van der Waals surface area (Å²) in [7, 11) is -4.12. The molecule has 5 nitrogen and oxygen atoms in total. The van der Waals surface area contributed by atoms with Crippen molar-refractivity contribution in [1.82, 2.24) is 0 Å². The van der Waals surface area contributed by atoms with Crippen molar-refractivity contribution in [2.45, 2.75) is 43.4 Å². The van der Waals surface area contributed by atoms with Crippen molar-refractivity contribution >= 4 is 21.1 Å². The molecule has 0 N–H and O–H groups in total. The Morgan fingerprint density at radius 2 is 1.57 bits per heavy atom. The van der Waals surface area contributed by atoms with E-state index in [4.69, 9.17) is 8.60 Å². The molecule has 0 spiro atoms. The number of aryl methyl sites for hydroxylation is 1. The van der Waals surface area contributed by atoms with Crippen molar-refractivity contribution in [3.63, 3.8) is 0 Å².